The van der Waals surface area contributed by atoms with Crippen molar-refractivity contribution in [3.05, 3.63) is 30.1 Å². The number of aromatic nitrogens is 1. The number of nitrogens with zero attached hydrogens (tertiary/aromatic N) is 2. The molecule has 0 bridgehead atoms. The first kappa shape index (κ1) is 11.9. The molecular formula is C13H19ClN2. The maximum Gasteiger partial charge on any atom is 0.0271 e. The molecule has 1 atom stereocenters. The topological polar surface area (TPSA) is 16.1 Å². The van der Waals surface area contributed by atoms with Gasteiger partial charge in [0.15, 0.2) is 0 Å². The molecule has 1 unspecified atom stereocenters. The molecule has 2 nitrogen and oxygen atoms in total. The van der Waals surface area contributed by atoms with Crippen LogP contribution in [-0.4, -0.2) is 28.4 Å². The van der Waals surface area contributed by atoms with Gasteiger partial charge in [0.2, 0.25) is 0 Å². The summed E-state index contributed by atoms with van der Waals surface area (Å²) in [5.41, 5.74) is 1.36. The highest BCUT2D eigenvalue weighted by atomic mass is 35.5. The summed E-state index contributed by atoms with van der Waals surface area (Å²) in [6, 6.07) is 4.89. The minimum Gasteiger partial charge on any atom is -0.296 e. The first-order valence-corrected chi connectivity index (χ1v) is 6.62. The maximum absolute atomic E-state index is 5.87. The third-order valence-electron chi connectivity index (χ3n) is 3.33. The number of halogens is 1. The molecule has 0 amide bonds. The van der Waals surface area contributed by atoms with E-state index in [1.54, 1.807) is 0 Å². The molecule has 0 saturated carbocycles. The van der Waals surface area contributed by atoms with E-state index in [4.69, 9.17) is 11.6 Å². The third-order valence-corrected chi connectivity index (χ3v) is 3.54. The Kier molecular flexibility index (Phi) is 4.61. The minimum absolute atomic E-state index is 0.680. The molecule has 0 aliphatic carbocycles. The van der Waals surface area contributed by atoms with Crippen molar-refractivity contribution >= 4 is 11.6 Å². The maximum atomic E-state index is 5.87. The van der Waals surface area contributed by atoms with Crippen LogP contribution in [0, 0.1) is 0 Å². The van der Waals surface area contributed by atoms with Crippen LogP contribution in [0.1, 0.15) is 31.2 Å². The second-order valence-electron chi connectivity index (χ2n) is 4.45. The summed E-state index contributed by atoms with van der Waals surface area (Å²) in [5, 5.41) is 0. The van der Waals surface area contributed by atoms with E-state index in [1.807, 2.05) is 12.4 Å². The van der Waals surface area contributed by atoms with E-state index in [9.17, 15) is 0 Å². The first-order chi connectivity index (χ1) is 7.90. The van der Waals surface area contributed by atoms with Crippen LogP contribution in [0.5, 0.6) is 0 Å². The molecule has 0 radical (unpaired) electrons. The Labute approximate surface area is 103 Å². The monoisotopic (exact) mass is 238 g/mol. The second-order valence-corrected chi connectivity index (χ2v) is 4.83. The summed E-state index contributed by atoms with van der Waals surface area (Å²) in [6.07, 6.45) is 8.84. The smallest absolute Gasteiger partial charge is 0.0271 e. The molecule has 1 fully saturated rings. The minimum atomic E-state index is 0.680. The SMILES string of the molecule is ClCCC1CCCCN1Cc1ccncc1. The van der Waals surface area contributed by atoms with E-state index in [0.717, 1.165) is 18.8 Å². The molecule has 1 saturated heterocycles. The van der Waals surface area contributed by atoms with Gasteiger partial charge in [-0.05, 0) is 43.5 Å². The number of hydrogen-bond donors (Lipinski definition) is 0. The third kappa shape index (κ3) is 3.19. The predicted molar refractivity (Wildman–Crippen MR) is 67.6 cm³/mol. The van der Waals surface area contributed by atoms with Crippen LogP contribution in [-0.2, 0) is 6.54 Å². The molecule has 0 aromatic carbocycles. The van der Waals surface area contributed by atoms with Crippen LogP contribution in [0.4, 0.5) is 0 Å². The van der Waals surface area contributed by atoms with E-state index in [0.29, 0.717) is 6.04 Å². The lowest BCUT2D eigenvalue weighted by molar-refractivity contribution is 0.137. The summed E-state index contributed by atoms with van der Waals surface area (Å²) < 4.78 is 0. The Morgan fingerprint density at radius 2 is 2.12 bits per heavy atom. The molecule has 1 aliphatic heterocycles. The highest BCUT2D eigenvalue weighted by Gasteiger charge is 2.21. The first-order valence-electron chi connectivity index (χ1n) is 6.09. The Morgan fingerprint density at radius 3 is 2.88 bits per heavy atom. The Balaban J connectivity index is 1.96. The molecular weight excluding hydrogens is 220 g/mol. The molecule has 88 valence electrons. The van der Waals surface area contributed by atoms with E-state index in [1.165, 1.54) is 31.4 Å². The number of rotatable bonds is 4. The van der Waals surface area contributed by atoms with Gasteiger partial charge in [0.05, 0.1) is 0 Å². The van der Waals surface area contributed by atoms with E-state index in [2.05, 4.69) is 22.0 Å². The molecule has 3 heteroatoms. The summed E-state index contributed by atoms with van der Waals surface area (Å²) in [7, 11) is 0. The average Bonchev–Trinajstić information content (AvgIpc) is 2.33. The van der Waals surface area contributed by atoms with Gasteiger partial charge >= 0.3 is 0 Å². The molecule has 2 rings (SSSR count). The predicted octanol–water partition coefficient (Wildman–Crippen LogP) is 3.07. The molecule has 1 aromatic heterocycles. The van der Waals surface area contributed by atoms with Gasteiger partial charge in [-0.15, -0.1) is 11.6 Å². The molecule has 1 aliphatic rings. The van der Waals surface area contributed by atoms with Gasteiger partial charge in [0.25, 0.3) is 0 Å². The fourth-order valence-electron chi connectivity index (χ4n) is 2.44. The lowest BCUT2D eigenvalue weighted by Gasteiger charge is -2.35. The van der Waals surface area contributed by atoms with Crippen molar-refractivity contribution in [2.24, 2.45) is 0 Å². The van der Waals surface area contributed by atoms with Gasteiger partial charge < -0.3 is 0 Å². The van der Waals surface area contributed by atoms with Crippen molar-refractivity contribution < 1.29 is 0 Å². The number of piperidine rings is 1. The van der Waals surface area contributed by atoms with E-state index < -0.39 is 0 Å². The zero-order chi connectivity index (χ0) is 11.2. The lowest BCUT2D eigenvalue weighted by Crippen LogP contribution is -2.39. The fraction of sp³-hybridized carbons (Fsp3) is 0.615. The zero-order valence-corrected chi connectivity index (χ0v) is 10.4. The fourth-order valence-corrected chi connectivity index (χ4v) is 2.70. The van der Waals surface area contributed by atoms with Crippen molar-refractivity contribution in [1.82, 2.24) is 9.88 Å². The van der Waals surface area contributed by atoms with E-state index >= 15 is 0 Å². The average molecular weight is 239 g/mol. The molecule has 0 N–H and O–H groups in total. The summed E-state index contributed by atoms with van der Waals surface area (Å²) in [4.78, 5) is 6.62. The summed E-state index contributed by atoms with van der Waals surface area (Å²) >= 11 is 5.87. The Bertz CT molecular complexity index is 300. The van der Waals surface area contributed by atoms with Crippen LogP contribution in [0.15, 0.2) is 24.5 Å². The van der Waals surface area contributed by atoms with Crippen molar-refractivity contribution in [2.45, 2.75) is 38.3 Å². The number of pyridine rings is 1. The Hall–Kier alpha value is -0.600. The van der Waals surface area contributed by atoms with Crippen LogP contribution in [0.3, 0.4) is 0 Å². The van der Waals surface area contributed by atoms with Crippen molar-refractivity contribution in [2.75, 3.05) is 12.4 Å². The van der Waals surface area contributed by atoms with Crippen molar-refractivity contribution in [3.63, 3.8) is 0 Å². The van der Waals surface area contributed by atoms with Crippen LogP contribution >= 0.6 is 11.6 Å². The zero-order valence-electron chi connectivity index (χ0n) is 9.61. The second kappa shape index (κ2) is 6.21. The van der Waals surface area contributed by atoms with Gasteiger partial charge in [-0.25, -0.2) is 0 Å². The number of hydrogen-bond acceptors (Lipinski definition) is 2. The van der Waals surface area contributed by atoms with Crippen LogP contribution in [0.25, 0.3) is 0 Å². The van der Waals surface area contributed by atoms with Gasteiger partial charge in [-0.3, -0.25) is 9.88 Å². The van der Waals surface area contributed by atoms with Gasteiger partial charge in [0, 0.05) is 30.9 Å². The summed E-state index contributed by atoms with van der Waals surface area (Å²) in [6.45, 7) is 2.26. The van der Waals surface area contributed by atoms with Crippen molar-refractivity contribution in [3.8, 4) is 0 Å². The standard InChI is InChI=1S/C13H19ClN2/c14-7-4-13-3-1-2-10-16(13)11-12-5-8-15-9-6-12/h5-6,8-9,13H,1-4,7,10-11H2. The highest BCUT2D eigenvalue weighted by molar-refractivity contribution is 6.17. The molecule has 16 heavy (non-hydrogen) atoms. The lowest BCUT2D eigenvalue weighted by atomic mass is 9.99. The Morgan fingerprint density at radius 1 is 1.31 bits per heavy atom. The molecule has 1 aromatic rings. The quantitative estimate of drug-likeness (QED) is 0.750. The van der Waals surface area contributed by atoms with Gasteiger partial charge in [0.1, 0.15) is 0 Å². The van der Waals surface area contributed by atoms with E-state index in [-0.39, 0.29) is 0 Å². The largest absolute Gasteiger partial charge is 0.296 e. The number of likely N-dealkylation sites (tertiary alicyclic amines) is 1. The van der Waals surface area contributed by atoms with Gasteiger partial charge in [-0.1, -0.05) is 6.42 Å². The van der Waals surface area contributed by atoms with Gasteiger partial charge in [-0.2, -0.15) is 0 Å². The van der Waals surface area contributed by atoms with Crippen LogP contribution in [0.2, 0.25) is 0 Å². The van der Waals surface area contributed by atoms with Crippen molar-refractivity contribution in [1.29, 1.82) is 0 Å². The number of alkyl halides is 1. The highest BCUT2D eigenvalue weighted by Crippen LogP contribution is 2.22. The summed E-state index contributed by atoms with van der Waals surface area (Å²) in [5.74, 6) is 0.775. The van der Waals surface area contributed by atoms with Crippen LogP contribution < -0.4 is 0 Å². The normalized spacial score (nSPS) is 22.2. The molecule has 2 heterocycles. The molecule has 0 spiro atoms.